The van der Waals surface area contributed by atoms with E-state index in [1.165, 1.54) is 10.8 Å². The van der Waals surface area contributed by atoms with Crippen LogP contribution in [0, 0.1) is 6.92 Å². The number of aromatic amines is 1. The van der Waals surface area contributed by atoms with E-state index < -0.39 is 11.2 Å². The van der Waals surface area contributed by atoms with Gasteiger partial charge in [-0.15, -0.1) is 0 Å². The van der Waals surface area contributed by atoms with Crippen LogP contribution < -0.4 is 11.2 Å². The van der Waals surface area contributed by atoms with Crippen LogP contribution in [0.15, 0.2) is 28.2 Å². The number of hydrogen-bond donors (Lipinski definition) is 1. The van der Waals surface area contributed by atoms with Crippen LogP contribution in [0.2, 0.25) is 0 Å². The summed E-state index contributed by atoms with van der Waals surface area (Å²) in [6, 6.07) is 0. The van der Waals surface area contributed by atoms with Crippen molar-refractivity contribution in [3.63, 3.8) is 0 Å². The van der Waals surface area contributed by atoms with Gasteiger partial charge in [-0.05, 0) is 6.92 Å². The zero-order valence-corrected chi connectivity index (χ0v) is 14.0. The van der Waals surface area contributed by atoms with E-state index >= 15 is 0 Å². The fraction of sp³-hybridized carbons (Fsp3) is 0.467. The van der Waals surface area contributed by atoms with Gasteiger partial charge in [-0.1, -0.05) is 0 Å². The molecule has 1 N–H and O–H groups in total. The first-order valence-corrected chi connectivity index (χ1v) is 7.45. The van der Waals surface area contributed by atoms with E-state index in [0.29, 0.717) is 25.3 Å². The van der Waals surface area contributed by atoms with Crippen molar-refractivity contribution in [1.29, 1.82) is 0 Å². The summed E-state index contributed by atoms with van der Waals surface area (Å²) < 4.78 is 7.90. The number of aromatic nitrogens is 4. The number of H-pyrrole nitrogens is 1. The van der Waals surface area contributed by atoms with Gasteiger partial charge in [0.1, 0.15) is 6.54 Å². The van der Waals surface area contributed by atoms with Crippen molar-refractivity contribution < 1.29 is 9.53 Å². The van der Waals surface area contributed by atoms with Gasteiger partial charge >= 0.3 is 5.69 Å². The molecule has 130 valence electrons. The van der Waals surface area contributed by atoms with E-state index in [2.05, 4.69) is 10.1 Å². The van der Waals surface area contributed by atoms with Gasteiger partial charge in [0.05, 0.1) is 12.8 Å². The van der Waals surface area contributed by atoms with Crippen LogP contribution in [0.5, 0.6) is 0 Å². The Morgan fingerprint density at radius 3 is 2.75 bits per heavy atom. The molecule has 2 rings (SSSR count). The number of aryl methyl sites for hydroxylation is 2. The highest BCUT2D eigenvalue weighted by molar-refractivity contribution is 5.76. The number of rotatable bonds is 7. The normalized spacial score (nSPS) is 10.8. The molecule has 0 radical (unpaired) electrons. The summed E-state index contributed by atoms with van der Waals surface area (Å²) in [7, 11) is 3.36. The Kier molecular flexibility index (Phi) is 5.69. The minimum Gasteiger partial charge on any atom is -0.383 e. The second-order valence-electron chi connectivity index (χ2n) is 5.53. The molecule has 2 heterocycles. The zero-order chi connectivity index (χ0) is 17.7. The van der Waals surface area contributed by atoms with E-state index in [0.717, 1.165) is 5.56 Å². The lowest BCUT2D eigenvalue weighted by molar-refractivity contribution is -0.133. The quantitative estimate of drug-likeness (QED) is 0.717. The lowest BCUT2D eigenvalue weighted by Gasteiger charge is -2.22. The molecule has 0 spiro atoms. The fourth-order valence-corrected chi connectivity index (χ4v) is 2.25. The smallest absolute Gasteiger partial charge is 0.328 e. The molecule has 0 aliphatic heterocycles. The Labute approximate surface area is 138 Å². The van der Waals surface area contributed by atoms with E-state index in [9.17, 15) is 14.4 Å². The van der Waals surface area contributed by atoms with Gasteiger partial charge in [0.2, 0.25) is 5.91 Å². The van der Waals surface area contributed by atoms with Crippen LogP contribution in [-0.2, 0) is 29.7 Å². The number of nitrogens with zero attached hydrogens (tertiary/aromatic N) is 4. The highest BCUT2D eigenvalue weighted by atomic mass is 16.5. The van der Waals surface area contributed by atoms with Gasteiger partial charge in [0, 0.05) is 50.8 Å². The summed E-state index contributed by atoms with van der Waals surface area (Å²) in [5.74, 6) is -0.246. The molecule has 0 bridgehead atoms. The monoisotopic (exact) mass is 335 g/mol. The number of nitrogens with one attached hydrogen (secondary N) is 1. The predicted octanol–water partition coefficient (Wildman–Crippen LogP) is -0.746. The fourth-order valence-electron chi connectivity index (χ4n) is 2.25. The van der Waals surface area contributed by atoms with Gasteiger partial charge in [0.15, 0.2) is 0 Å². The second-order valence-corrected chi connectivity index (χ2v) is 5.53. The Balaban J connectivity index is 2.16. The molecule has 0 saturated carbocycles. The summed E-state index contributed by atoms with van der Waals surface area (Å²) in [6.45, 7) is 2.57. The largest absolute Gasteiger partial charge is 0.383 e. The maximum Gasteiger partial charge on any atom is 0.328 e. The molecule has 0 saturated heterocycles. The van der Waals surface area contributed by atoms with Crippen LogP contribution in [0.3, 0.4) is 0 Å². The zero-order valence-electron chi connectivity index (χ0n) is 14.0. The van der Waals surface area contributed by atoms with E-state index in [-0.39, 0.29) is 12.5 Å². The number of methoxy groups -OCH3 is 1. The first-order chi connectivity index (χ1) is 11.4. The maximum absolute atomic E-state index is 12.6. The van der Waals surface area contributed by atoms with E-state index in [4.69, 9.17) is 4.74 Å². The van der Waals surface area contributed by atoms with Crippen molar-refractivity contribution in [3.05, 3.63) is 50.6 Å². The lowest BCUT2D eigenvalue weighted by atomic mass is 10.3. The third kappa shape index (κ3) is 4.42. The molecule has 0 fully saturated rings. The molecule has 9 nitrogen and oxygen atoms in total. The van der Waals surface area contributed by atoms with Crippen molar-refractivity contribution in [3.8, 4) is 0 Å². The van der Waals surface area contributed by atoms with E-state index in [1.807, 2.05) is 6.20 Å². The molecular weight excluding hydrogens is 314 g/mol. The van der Waals surface area contributed by atoms with Crippen LogP contribution in [-0.4, -0.2) is 50.4 Å². The summed E-state index contributed by atoms with van der Waals surface area (Å²) in [6.07, 6.45) is 4.89. The van der Waals surface area contributed by atoms with Crippen molar-refractivity contribution in [2.75, 3.05) is 20.3 Å². The lowest BCUT2D eigenvalue weighted by Crippen LogP contribution is -2.39. The predicted molar refractivity (Wildman–Crippen MR) is 86.6 cm³/mol. The maximum atomic E-state index is 12.6. The Morgan fingerprint density at radius 2 is 2.12 bits per heavy atom. The molecule has 2 aromatic heterocycles. The van der Waals surface area contributed by atoms with Gasteiger partial charge < -0.3 is 9.64 Å². The molecule has 9 heteroatoms. The van der Waals surface area contributed by atoms with Gasteiger partial charge in [-0.3, -0.25) is 23.8 Å². The van der Waals surface area contributed by atoms with Crippen LogP contribution >= 0.6 is 0 Å². The van der Waals surface area contributed by atoms with Gasteiger partial charge in [0.25, 0.3) is 5.56 Å². The highest BCUT2D eigenvalue weighted by Crippen LogP contribution is 2.04. The average Bonchev–Trinajstić information content (AvgIpc) is 2.94. The third-order valence-corrected chi connectivity index (χ3v) is 3.54. The summed E-state index contributed by atoms with van der Waals surface area (Å²) in [5.41, 5.74) is 0.201. The van der Waals surface area contributed by atoms with Crippen molar-refractivity contribution in [1.82, 2.24) is 24.2 Å². The standard InChI is InChI=1S/C15H21N5O4/c1-11-7-20(15(23)17-14(11)22)10-13(21)19(4-5-24-3)9-12-6-16-18(2)8-12/h6-8H,4-5,9-10H2,1-3H3,(H,17,22,23). The minimum atomic E-state index is -0.605. The third-order valence-electron chi connectivity index (χ3n) is 3.54. The molecule has 0 aromatic carbocycles. The number of carbonyl (C=O) groups excluding carboxylic acids is 1. The minimum absolute atomic E-state index is 0.152. The number of hydrogen-bond acceptors (Lipinski definition) is 5. The summed E-state index contributed by atoms with van der Waals surface area (Å²) in [4.78, 5) is 39.6. The highest BCUT2D eigenvalue weighted by Gasteiger charge is 2.16. The molecular formula is C15H21N5O4. The van der Waals surface area contributed by atoms with Gasteiger partial charge in [-0.2, -0.15) is 5.10 Å². The second kappa shape index (κ2) is 7.73. The summed E-state index contributed by atoms with van der Waals surface area (Å²) in [5, 5.41) is 4.08. The number of carbonyl (C=O) groups is 1. The molecule has 0 aliphatic rings. The first kappa shape index (κ1) is 17.7. The molecule has 24 heavy (non-hydrogen) atoms. The molecule has 0 atom stereocenters. The van der Waals surface area contributed by atoms with Crippen molar-refractivity contribution >= 4 is 5.91 Å². The SMILES string of the molecule is COCCN(Cc1cnn(C)c1)C(=O)Cn1cc(C)c(=O)[nH]c1=O. The van der Waals surface area contributed by atoms with Crippen LogP contribution in [0.1, 0.15) is 11.1 Å². The van der Waals surface area contributed by atoms with Crippen LogP contribution in [0.4, 0.5) is 0 Å². The Bertz CT molecular complexity index is 820. The topological polar surface area (TPSA) is 102 Å². The van der Waals surface area contributed by atoms with Crippen molar-refractivity contribution in [2.45, 2.75) is 20.0 Å². The Morgan fingerprint density at radius 1 is 1.38 bits per heavy atom. The van der Waals surface area contributed by atoms with Crippen LogP contribution in [0.25, 0.3) is 0 Å². The molecule has 0 aliphatic carbocycles. The van der Waals surface area contributed by atoms with Gasteiger partial charge in [-0.25, -0.2) is 4.79 Å². The Hall–Kier alpha value is -2.68. The number of amides is 1. The first-order valence-electron chi connectivity index (χ1n) is 7.45. The molecule has 1 amide bonds. The molecule has 0 unspecified atom stereocenters. The molecule has 2 aromatic rings. The summed E-state index contributed by atoms with van der Waals surface area (Å²) >= 11 is 0. The van der Waals surface area contributed by atoms with E-state index in [1.54, 1.807) is 36.9 Å². The number of ether oxygens (including phenoxy) is 1. The van der Waals surface area contributed by atoms with Crippen molar-refractivity contribution in [2.24, 2.45) is 7.05 Å². The average molecular weight is 335 g/mol.